The lowest BCUT2D eigenvalue weighted by molar-refractivity contribution is 0.0460. The molecular weight excluding hydrogens is 356 g/mol. The topological polar surface area (TPSA) is 74.5 Å². The van der Waals surface area contributed by atoms with Crippen molar-refractivity contribution in [1.29, 1.82) is 0 Å². The maximum absolute atomic E-state index is 12.4. The van der Waals surface area contributed by atoms with E-state index in [2.05, 4.69) is 9.97 Å². The van der Waals surface area contributed by atoms with Gasteiger partial charge in [-0.25, -0.2) is 14.8 Å². The molecule has 2 aromatic heterocycles. The van der Waals surface area contributed by atoms with Gasteiger partial charge in [-0.2, -0.15) is 0 Å². The Morgan fingerprint density at radius 3 is 2.64 bits per heavy atom. The summed E-state index contributed by atoms with van der Waals surface area (Å²) in [6.07, 6.45) is 0. The number of methoxy groups -OCH3 is 1. The van der Waals surface area contributed by atoms with Gasteiger partial charge in [0.05, 0.1) is 12.6 Å². The number of hydrogen-bond donors (Lipinski definition) is 0. The van der Waals surface area contributed by atoms with Crippen LogP contribution in [-0.4, -0.2) is 23.0 Å². The monoisotopic (exact) mass is 374 g/mol. The first-order chi connectivity index (χ1) is 13.6. The number of pyridine rings is 1. The van der Waals surface area contributed by atoms with E-state index >= 15 is 0 Å². The molecule has 0 saturated heterocycles. The number of fused-ring (bicyclic) bond motifs is 1. The third kappa shape index (κ3) is 3.57. The van der Waals surface area contributed by atoms with Crippen LogP contribution in [0.2, 0.25) is 0 Å². The molecule has 0 amide bonds. The van der Waals surface area contributed by atoms with Crippen molar-refractivity contribution in [3.63, 3.8) is 0 Å². The Balaban J connectivity index is 1.49. The van der Waals surface area contributed by atoms with Crippen molar-refractivity contribution in [3.8, 4) is 17.2 Å². The summed E-state index contributed by atoms with van der Waals surface area (Å²) < 4.78 is 16.3. The van der Waals surface area contributed by atoms with Crippen molar-refractivity contribution < 1.29 is 18.7 Å². The lowest BCUT2D eigenvalue weighted by Gasteiger charge is -2.05. The second-order valence-electron chi connectivity index (χ2n) is 6.22. The summed E-state index contributed by atoms with van der Waals surface area (Å²) in [7, 11) is 1.61. The minimum atomic E-state index is -0.513. The van der Waals surface area contributed by atoms with E-state index < -0.39 is 5.97 Å². The highest BCUT2D eigenvalue weighted by Crippen LogP contribution is 2.23. The SMILES string of the molecule is COc1ccc2nc(C(=O)OCc3nc(-c4ccccc4)oc3C)ccc2c1. The van der Waals surface area contributed by atoms with Crippen LogP contribution >= 0.6 is 0 Å². The number of carbonyl (C=O) groups is 1. The van der Waals surface area contributed by atoms with Gasteiger partial charge in [0.25, 0.3) is 0 Å². The fourth-order valence-corrected chi connectivity index (χ4v) is 2.82. The minimum Gasteiger partial charge on any atom is -0.497 e. The van der Waals surface area contributed by atoms with Gasteiger partial charge >= 0.3 is 5.97 Å². The normalized spacial score (nSPS) is 10.8. The first-order valence-electron chi connectivity index (χ1n) is 8.77. The number of esters is 1. The lowest BCUT2D eigenvalue weighted by Crippen LogP contribution is -2.08. The molecule has 4 aromatic rings. The third-order valence-electron chi connectivity index (χ3n) is 4.36. The van der Waals surface area contributed by atoms with Gasteiger partial charge in [-0.1, -0.05) is 24.3 Å². The Morgan fingerprint density at radius 1 is 1.04 bits per heavy atom. The molecule has 0 bridgehead atoms. The maximum atomic E-state index is 12.4. The van der Waals surface area contributed by atoms with Crippen LogP contribution in [0.3, 0.4) is 0 Å². The Labute approximate surface area is 161 Å². The smallest absolute Gasteiger partial charge is 0.357 e. The largest absolute Gasteiger partial charge is 0.497 e. The molecule has 0 unspecified atom stereocenters. The summed E-state index contributed by atoms with van der Waals surface area (Å²) in [6.45, 7) is 1.81. The molecule has 0 aliphatic heterocycles. The summed E-state index contributed by atoms with van der Waals surface area (Å²) in [4.78, 5) is 21.2. The van der Waals surface area contributed by atoms with Gasteiger partial charge in [-0.3, -0.25) is 0 Å². The average molecular weight is 374 g/mol. The molecule has 4 rings (SSSR count). The highest BCUT2D eigenvalue weighted by molar-refractivity contribution is 5.91. The van der Waals surface area contributed by atoms with E-state index in [1.54, 1.807) is 32.2 Å². The van der Waals surface area contributed by atoms with Crippen molar-refractivity contribution >= 4 is 16.9 Å². The highest BCUT2D eigenvalue weighted by atomic mass is 16.5. The standard InChI is InChI=1S/C22H18N2O4/c1-14-20(24-21(28-14)15-6-4-3-5-7-15)13-27-22(25)19-10-8-16-12-17(26-2)9-11-18(16)23-19/h3-12H,13H2,1-2H3. The molecule has 0 saturated carbocycles. The number of benzene rings is 2. The molecule has 0 N–H and O–H groups in total. The number of nitrogens with zero attached hydrogens (tertiary/aromatic N) is 2. The first-order valence-corrected chi connectivity index (χ1v) is 8.77. The van der Waals surface area contributed by atoms with Gasteiger partial charge in [-0.15, -0.1) is 0 Å². The van der Waals surface area contributed by atoms with E-state index in [0.717, 1.165) is 16.7 Å². The summed E-state index contributed by atoms with van der Waals surface area (Å²) in [5, 5.41) is 0.885. The molecule has 0 fully saturated rings. The average Bonchev–Trinajstić information content (AvgIpc) is 3.12. The minimum absolute atomic E-state index is 0.0172. The Kier molecular flexibility index (Phi) is 4.76. The Morgan fingerprint density at radius 2 is 1.86 bits per heavy atom. The molecular formula is C22H18N2O4. The third-order valence-corrected chi connectivity index (χ3v) is 4.36. The number of ether oxygens (including phenoxy) is 2. The molecule has 2 heterocycles. The lowest BCUT2D eigenvalue weighted by atomic mass is 10.2. The summed E-state index contributed by atoms with van der Waals surface area (Å²) in [5.74, 6) is 1.34. The van der Waals surface area contributed by atoms with Crippen molar-refractivity contribution in [3.05, 3.63) is 77.8 Å². The maximum Gasteiger partial charge on any atom is 0.357 e. The molecule has 6 heteroatoms. The molecule has 0 aliphatic carbocycles. The summed E-state index contributed by atoms with van der Waals surface area (Å²) in [5.41, 5.74) is 2.38. The van der Waals surface area contributed by atoms with E-state index in [4.69, 9.17) is 13.9 Å². The number of carbonyl (C=O) groups excluding carboxylic acids is 1. The van der Waals surface area contributed by atoms with Gasteiger partial charge in [0.2, 0.25) is 5.89 Å². The van der Waals surface area contributed by atoms with E-state index in [-0.39, 0.29) is 12.3 Å². The zero-order chi connectivity index (χ0) is 19.5. The fraction of sp³-hybridized carbons (Fsp3) is 0.136. The van der Waals surface area contributed by atoms with E-state index in [1.807, 2.05) is 42.5 Å². The van der Waals surface area contributed by atoms with Crippen LogP contribution < -0.4 is 4.74 Å². The molecule has 6 nitrogen and oxygen atoms in total. The van der Waals surface area contributed by atoms with Gasteiger partial charge < -0.3 is 13.9 Å². The van der Waals surface area contributed by atoms with Gasteiger partial charge in [0, 0.05) is 10.9 Å². The van der Waals surface area contributed by atoms with Crippen LogP contribution in [0, 0.1) is 6.92 Å². The molecule has 0 aliphatic rings. The van der Waals surface area contributed by atoms with Crippen LogP contribution in [0.25, 0.3) is 22.4 Å². The van der Waals surface area contributed by atoms with Crippen molar-refractivity contribution in [2.75, 3.05) is 7.11 Å². The van der Waals surface area contributed by atoms with Crippen molar-refractivity contribution in [2.24, 2.45) is 0 Å². The summed E-state index contributed by atoms with van der Waals surface area (Å²) in [6, 6.07) is 18.5. The fourth-order valence-electron chi connectivity index (χ4n) is 2.82. The molecule has 2 aromatic carbocycles. The molecule has 28 heavy (non-hydrogen) atoms. The van der Waals surface area contributed by atoms with E-state index in [1.165, 1.54) is 0 Å². The zero-order valence-electron chi connectivity index (χ0n) is 15.5. The number of hydrogen-bond acceptors (Lipinski definition) is 6. The van der Waals surface area contributed by atoms with Gasteiger partial charge in [0.1, 0.15) is 29.5 Å². The van der Waals surface area contributed by atoms with Gasteiger partial charge in [-0.05, 0) is 43.3 Å². The number of aromatic nitrogens is 2. The van der Waals surface area contributed by atoms with Crippen LogP contribution in [0.1, 0.15) is 21.9 Å². The van der Waals surface area contributed by atoms with Gasteiger partial charge in [0.15, 0.2) is 0 Å². The number of rotatable bonds is 5. The van der Waals surface area contributed by atoms with Crippen LogP contribution in [-0.2, 0) is 11.3 Å². The van der Waals surface area contributed by atoms with Crippen LogP contribution in [0.5, 0.6) is 5.75 Å². The Bertz CT molecular complexity index is 1140. The van der Waals surface area contributed by atoms with E-state index in [9.17, 15) is 4.79 Å². The highest BCUT2D eigenvalue weighted by Gasteiger charge is 2.15. The first kappa shape index (κ1) is 17.7. The van der Waals surface area contributed by atoms with Crippen molar-refractivity contribution in [2.45, 2.75) is 13.5 Å². The quantitative estimate of drug-likeness (QED) is 0.477. The molecule has 0 spiro atoms. The number of aryl methyl sites for hydroxylation is 1. The number of oxazole rings is 1. The molecule has 0 atom stereocenters. The second kappa shape index (κ2) is 7.52. The molecule has 0 radical (unpaired) electrons. The van der Waals surface area contributed by atoms with E-state index in [0.29, 0.717) is 22.9 Å². The predicted molar refractivity (Wildman–Crippen MR) is 104 cm³/mol. The second-order valence-corrected chi connectivity index (χ2v) is 6.22. The molecule has 140 valence electrons. The Hall–Kier alpha value is -3.67. The van der Waals surface area contributed by atoms with Crippen LogP contribution in [0.15, 0.2) is 65.1 Å². The zero-order valence-corrected chi connectivity index (χ0v) is 15.5. The predicted octanol–water partition coefficient (Wildman–Crippen LogP) is 4.56. The summed E-state index contributed by atoms with van der Waals surface area (Å²) >= 11 is 0. The van der Waals surface area contributed by atoms with Crippen molar-refractivity contribution in [1.82, 2.24) is 9.97 Å². The van der Waals surface area contributed by atoms with Crippen LogP contribution in [0.4, 0.5) is 0 Å².